The molecule has 0 bridgehead atoms. The number of methoxy groups -OCH3 is 2. The fraction of sp³-hybridized carbons (Fsp3) is 0.524. The minimum absolute atomic E-state index is 0.373. The highest BCUT2D eigenvalue weighted by Gasteiger charge is 2.23. The SMILES string of the molecule is CN=C(NCc1sc(C)nc1C)NC1CCN(Cc2cc(OC)cc(OC)c2)C1. The quantitative estimate of drug-likeness (QED) is 0.533. The van der Waals surface area contributed by atoms with Crippen LogP contribution in [0.25, 0.3) is 0 Å². The van der Waals surface area contributed by atoms with Gasteiger partial charge in [0, 0.05) is 43.7 Å². The molecule has 1 aromatic carbocycles. The topological polar surface area (TPSA) is 71.0 Å². The van der Waals surface area contributed by atoms with Crippen molar-refractivity contribution in [3.8, 4) is 11.5 Å². The van der Waals surface area contributed by atoms with Gasteiger partial charge < -0.3 is 20.1 Å². The van der Waals surface area contributed by atoms with Crippen LogP contribution in [-0.4, -0.2) is 56.2 Å². The lowest BCUT2D eigenvalue weighted by Crippen LogP contribution is -2.44. The van der Waals surface area contributed by atoms with Crippen LogP contribution in [0.4, 0.5) is 0 Å². The van der Waals surface area contributed by atoms with Crippen LogP contribution in [0.15, 0.2) is 23.2 Å². The van der Waals surface area contributed by atoms with Crippen molar-refractivity contribution in [3.63, 3.8) is 0 Å². The highest BCUT2D eigenvalue weighted by Crippen LogP contribution is 2.24. The Labute approximate surface area is 177 Å². The van der Waals surface area contributed by atoms with Crippen LogP contribution in [0.1, 0.15) is 27.6 Å². The fourth-order valence-electron chi connectivity index (χ4n) is 3.60. The maximum absolute atomic E-state index is 5.38. The number of hydrogen-bond donors (Lipinski definition) is 2. The number of nitrogens with zero attached hydrogens (tertiary/aromatic N) is 3. The van der Waals surface area contributed by atoms with Crippen molar-refractivity contribution in [2.24, 2.45) is 4.99 Å². The van der Waals surface area contributed by atoms with Gasteiger partial charge in [0.05, 0.1) is 31.5 Å². The van der Waals surface area contributed by atoms with E-state index in [1.54, 1.807) is 25.6 Å². The molecule has 0 aliphatic carbocycles. The van der Waals surface area contributed by atoms with Crippen LogP contribution in [0.5, 0.6) is 11.5 Å². The van der Waals surface area contributed by atoms with Gasteiger partial charge in [-0.15, -0.1) is 11.3 Å². The highest BCUT2D eigenvalue weighted by atomic mass is 32.1. The van der Waals surface area contributed by atoms with Crippen molar-refractivity contribution < 1.29 is 9.47 Å². The zero-order valence-corrected chi connectivity index (χ0v) is 18.7. The first-order chi connectivity index (χ1) is 14.0. The first kappa shape index (κ1) is 21.4. The zero-order chi connectivity index (χ0) is 20.8. The molecule has 3 rings (SSSR count). The van der Waals surface area contributed by atoms with Gasteiger partial charge >= 0.3 is 0 Å². The molecule has 1 unspecified atom stereocenters. The lowest BCUT2D eigenvalue weighted by atomic mass is 10.2. The van der Waals surface area contributed by atoms with E-state index >= 15 is 0 Å². The highest BCUT2D eigenvalue weighted by molar-refractivity contribution is 7.11. The lowest BCUT2D eigenvalue weighted by Gasteiger charge is -2.19. The molecular weight excluding hydrogens is 386 g/mol. The molecule has 1 aliphatic heterocycles. The Morgan fingerprint density at radius 3 is 2.55 bits per heavy atom. The van der Waals surface area contributed by atoms with E-state index in [0.717, 1.165) is 60.8 Å². The minimum atomic E-state index is 0.373. The Bertz CT molecular complexity index is 829. The Kier molecular flexibility index (Phi) is 7.33. The summed E-state index contributed by atoms with van der Waals surface area (Å²) in [6, 6.07) is 6.42. The molecule has 1 atom stereocenters. The summed E-state index contributed by atoms with van der Waals surface area (Å²) in [5, 5.41) is 8.07. The number of rotatable bonds is 7. The number of likely N-dealkylation sites (tertiary alicyclic amines) is 1. The Balaban J connectivity index is 1.51. The molecule has 0 spiro atoms. The van der Waals surface area contributed by atoms with E-state index < -0.39 is 0 Å². The van der Waals surface area contributed by atoms with Crippen molar-refractivity contribution in [1.29, 1.82) is 0 Å². The molecule has 1 saturated heterocycles. The van der Waals surface area contributed by atoms with Crippen LogP contribution >= 0.6 is 11.3 Å². The van der Waals surface area contributed by atoms with Crippen LogP contribution in [0.2, 0.25) is 0 Å². The van der Waals surface area contributed by atoms with Gasteiger partial charge in [-0.25, -0.2) is 4.98 Å². The van der Waals surface area contributed by atoms with Crippen LogP contribution in [0.3, 0.4) is 0 Å². The molecule has 1 aliphatic rings. The predicted molar refractivity (Wildman–Crippen MR) is 118 cm³/mol. The number of guanidine groups is 1. The van der Waals surface area contributed by atoms with E-state index in [9.17, 15) is 0 Å². The molecule has 158 valence electrons. The molecule has 1 aromatic heterocycles. The summed E-state index contributed by atoms with van der Waals surface area (Å²) in [5.41, 5.74) is 2.29. The Morgan fingerprint density at radius 2 is 1.97 bits per heavy atom. The lowest BCUT2D eigenvalue weighted by molar-refractivity contribution is 0.321. The van der Waals surface area contributed by atoms with Crippen molar-refractivity contribution in [2.75, 3.05) is 34.4 Å². The van der Waals surface area contributed by atoms with E-state index in [2.05, 4.69) is 44.6 Å². The molecule has 0 radical (unpaired) electrons. The van der Waals surface area contributed by atoms with Crippen molar-refractivity contribution in [1.82, 2.24) is 20.5 Å². The molecule has 29 heavy (non-hydrogen) atoms. The second-order valence-corrected chi connectivity index (χ2v) is 8.54. The maximum Gasteiger partial charge on any atom is 0.191 e. The van der Waals surface area contributed by atoms with Crippen LogP contribution < -0.4 is 20.1 Å². The zero-order valence-electron chi connectivity index (χ0n) is 17.9. The third-order valence-corrected chi connectivity index (χ3v) is 6.14. The number of aryl methyl sites for hydroxylation is 2. The van der Waals surface area contributed by atoms with E-state index in [0.29, 0.717) is 6.04 Å². The molecule has 0 saturated carbocycles. The number of ether oxygens (including phenoxy) is 2. The molecule has 8 heteroatoms. The number of benzene rings is 1. The first-order valence-electron chi connectivity index (χ1n) is 9.85. The monoisotopic (exact) mass is 417 g/mol. The Morgan fingerprint density at radius 1 is 1.24 bits per heavy atom. The van der Waals surface area contributed by atoms with Gasteiger partial charge in [0.15, 0.2) is 5.96 Å². The second kappa shape index (κ2) is 9.93. The smallest absolute Gasteiger partial charge is 0.191 e. The maximum atomic E-state index is 5.38. The fourth-order valence-corrected chi connectivity index (χ4v) is 4.48. The number of hydrogen-bond acceptors (Lipinski definition) is 6. The van der Waals surface area contributed by atoms with Crippen LogP contribution in [-0.2, 0) is 13.1 Å². The van der Waals surface area contributed by atoms with Gasteiger partial charge in [-0.1, -0.05) is 0 Å². The standard InChI is InChI=1S/C21H31N5O2S/c1-14-20(29-15(2)24-14)11-23-21(22-3)25-17-6-7-26(13-17)12-16-8-18(27-4)10-19(9-16)28-5/h8-10,17H,6-7,11-13H2,1-5H3,(H2,22,23,25). The third-order valence-electron chi connectivity index (χ3n) is 5.07. The molecular formula is C21H31N5O2S. The first-order valence-corrected chi connectivity index (χ1v) is 10.7. The number of aromatic nitrogens is 1. The largest absolute Gasteiger partial charge is 0.497 e. The summed E-state index contributed by atoms with van der Waals surface area (Å²) in [5.74, 6) is 2.49. The van der Waals surface area contributed by atoms with Gasteiger partial charge in [0.1, 0.15) is 11.5 Å². The average Bonchev–Trinajstić information content (AvgIpc) is 3.29. The van der Waals surface area contributed by atoms with Gasteiger partial charge in [0.2, 0.25) is 0 Å². The second-order valence-electron chi connectivity index (χ2n) is 7.25. The summed E-state index contributed by atoms with van der Waals surface area (Å²) in [7, 11) is 5.18. The summed E-state index contributed by atoms with van der Waals surface area (Å²) in [6.07, 6.45) is 1.08. The molecule has 0 amide bonds. The van der Waals surface area contributed by atoms with E-state index in [1.807, 2.05) is 20.0 Å². The van der Waals surface area contributed by atoms with Crippen molar-refractivity contribution >= 4 is 17.3 Å². The summed E-state index contributed by atoms with van der Waals surface area (Å²) < 4.78 is 10.8. The minimum Gasteiger partial charge on any atom is -0.497 e. The molecule has 7 nitrogen and oxygen atoms in total. The normalized spacial score (nSPS) is 17.4. The van der Waals surface area contributed by atoms with Gasteiger partial charge in [-0.2, -0.15) is 0 Å². The number of nitrogens with one attached hydrogen (secondary N) is 2. The summed E-state index contributed by atoms with van der Waals surface area (Å²) in [6.45, 7) is 7.73. The summed E-state index contributed by atoms with van der Waals surface area (Å²) in [4.78, 5) is 12.6. The summed E-state index contributed by atoms with van der Waals surface area (Å²) >= 11 is 1.73. The molecule has 1 fully saturated rings. The van der Waals surface area contributed by atoms with Gasteiger partial charge in [0.25, 0.3) is 0 Å². The molecule has 2 aromatic rings. The van der Waals surface area contributed by atoms with E-state index in [4.69, 9.17) is 9.47 Å². The van der Waals surface area contributed by atoms with Gasteiger partial charge in [-0.05, 0) is 38.0 Å². The number of aliphatic imine (C=N–C) groups is 1. The van der Waals surface area contributed by atoms with E-state index in [1.165, 1.54) is 10.4 Å². The number of thiazole rings is 1. The third kappa shape index (κ3) is 5.83. The predicted octanol–water partition coefficient (Wildman–Crippen LogP) is 2.72. The molecule has 2 heterocycles. The van der Waals surface area contributed by atoms with Crippen molar-refractivity contribution in [3.05, 3.63) is 39.3 Å². The van der Waals surface area contributed by atoms with Gasteiger partial charge in [-0.3, -0.25) is 9.89 Å². The van der Waals surface area contributed by atoms with Crippen LogP contribution in [0, 0.1) is 13.8 Å². The Hall–Kier alpha value is -2.32. The van der Waals surface area contributed by atoms with E-state index in [-0.39, 0.29) is 0 Å². The molecule has 2 N–H and O–H groups in total. The average molecular weight is 418 g/mol. The van der Waals surface area contributed by atoms with Crippen molar-refractivity contribution in [2.45, 2.75) is 39.4 Å².